The fourth-order valence-electron chi connectivity index (χ4n) is 3.02. The highest BCUT2D eigenvalue weighted by Crippen LogP contribution is 2.23. The maximum Gasteiger partial charge on any atom is 0.410 e. The van der Waals surface area contributed by atoms with Crippen LogP contribution in [0.2, 0.25) is 0 Å². The fraction of sp³-hybridized carbons (Fsp3) is 0.579. The minimum absolute atomic E-state index is 0.0000935. The summed E-state index contributed by atoms with van der Waals surface area (Å²) in [6, 6.07) is 9.14. The van der Waals surface area contributed by atoms with Crippen molar-refractivity contribution in [2.24, 2.45) is 5.92 Å². The third-order valence-electron chi connectivity index (χ3n) is 4.30. The molecule has 2 N–H and O–H groups in total. The Balaban J connectivity index is 1.87. The second-order valence-corrected chi connectivity index (χ2v) is 7.49. The molecule has 1 aromatic carbocycles. The Morgan fingerprint density at radius 3 is 2.36 bits per heavy atom. The van der Waals surface area contributed by atoms with Gasteiger partial charge in [0.25, 0.3) is 0 Å². The van der Waals surface area contributed by atoms with E-state index in [1.165, 1.54) is 0 Å². The highest BCUT2D eigenvalue weighted by atomic mass is 16.6. The van der Waals surface area contributed by atoms with Crippen molar-refractivity contribution < 1.29 is 19.4 Å². The molecule has 6 nitrogen and oxygen atoms in total. The number of ether oxygens (including phenoxy) is 1. The van der Waals surface area contributed by atoms with Crippen molar-refractivity contribution in [3.05, 3.63) is 35.9 Å². The van der Waals surface area contributed by atoms with Crippen LogP contribution in [0.1, 0.15) is 39.2 Å². The van der Waals surface area contributed by atoms with Crippen LogP contribution in [0.25, 0.3) is 0 Å². The zero-order chi connectivity index (χ0) is 18.4. The number of piperidine rings is 1. The molecule has 0 spiro atoms. The van der Waals surface area contributed by atoms with Gasteiger partial charge in [-0.2, -0.15) is 0 Å². The largest absolute Gasteiger partial charge is 0.480 e. The van der Waals surface area contributed by atoms with Crippen molar-refractivity contribution >= 4 is 12.1 Å². The molecule has 1 saturated heterocycles. The summed E-state index contributed by atoms with van der Waals surface area (Å²) in [5.41, 5.74) is 0.536. The van der Waals surface area contributed by atoms with Crippen LogP contribution in [0.4, 0.5) is 4.79 Å². The van der Waals surface area contributed by atoms with Gasteiger partial charge in [0.15, 0.2) is 0 Å². The first-order valence-electron chi connectivity index (χ1n) is 8.74. The van der Waals surface area contributed by atoms with Crippen LogP contribution in [0.5, 0.6) is 0 Å². The first kappa shape index (κ1) is 19.2. The average Bonchev–Trinajstić information content (AvgIpc) is 2.54. The first-order chi connectivity index (χ1) is 11.8. The second kappa shape index (κ2) is 8.34. The predicted molar refractivity (Wildman–Crippen MR) is 95.2 cm³/mol. The summed E-state index contributed by atoms with van der Waals surface area (Å²) in [6.07, 6.45) is 0.978. The molecule has 1 amide bonds. The van der Waals surface area contributed by atoms with Crippen LogP contribution >= 0.6 is 0 Å². The van der Waals surface area contributed by atoms with E-state index in [1.807, 2.05) is 51.1 Å². The molecular formula is C19H28N2O4. The summed E-state index contributed by atoms with van der Waals surface area (Å²) >= 11 is 0. The van der Waals surface area contributed by atoms with E-state index in [0.717, 1.165) is 5.56 Å². The van der Waals surface area contributed by atoms with E-state index in [9.17, 15) is 14.7 Å². The molecule has 0 radical (unpaired) electrons. The lowest BCUT2D eigenvalue weighted by molar-refractivity contribution is -0.141. The molecule has 1 fully saturated rings. The molecule has 1 aromatic rings. The molecule has 1 aliphatic heterocycles. The molecule has 1 aliphatic rings. The van der Waals surface area contributed by atoms with E-state index in [0.29, 0.717) is 32.5 Å². The van der Waals surface area contributed by atoms with E-state index in [1.54, 1.807) is 4.90 Å². The molecule has 1 heterocycles. The number of aliphatic carboxylic acids is 1. The van der Waals surface area contributed by atoms with Gasteiger partial charge in [-0.05, 0) is 45.1 Å². The molecule has 6 heteroatoms. The van der Waals surface area contributed by atoms with E-state index >= 15 is 0 Å². The number of carbonyl (C=O) groups is 2. The molecular weight excluding hydrogens is 320 g/mol. The summed E-state index contributed by atoms with van der Waals surface area (Å²) in [5.74, 6) is -0.841. The minimum Gasteiger partial charge on any atom is -0.480 e. The topological polar surface area (TPSA) is 78.9 Å². The summed E-state index contributed by atoms with van der Waals surface area (Å²) in [6.45, 7) is 7.08. The monoisotopic (exact) mass is 348 g/mol. The van der Waals surface area contributed by atoms with Crippen LogP contribution < -0.4 is 5.32 Å². The summed E-state index contributed by atoms with van der Waals surface area (Å²) in [7, 11) is 0. The number of amides is 1. The standard InChI is InChI=1S/C19H28N2O4/c1-19(2,3)25-18(24)21-11-9-15(10-12-21)16(17(22)23)20-13-14-7-5-4-6-8-14/h4-8,15-16,20H,9-13H2,1-3H3,(H,22,23). The summed E-state index contributed by atoms with van der Waals surface area (Å²) in [5, 5.41) is 12.7. The third-order valence-corrected chi connectivity index (χ3v) is 4.30. The van der Waals surface area contributed by atoms with Crippen LogP contribution in [-0.2, 0) is 16.1 Å². The number of carbonyl (C=O) groups excluding carboxylic acids is 1. The quantitative estimate of drug-likeness (QED) is 0.855. The summed E-state index contributed by atoms with van der Waals surface area (Å²) in [4.78, 5) is 25.4. The number of rotatable bonds is 5. The molecule has 1 atom stereocenters. The van der Waals surface area contributed by atoms with Gasteiger partial charge in [-0.25, -0.2) is 4.79 Å². The normalized spacial score (nSPS) is 17.2. The summed E-state index contributed by atoms with van der Waals surface area (Å²) < 4.78 is 5.38. The maximum absolute atomic E-state index is 12.1. The third kappa shape index (κ3) is 6.05. The van der Waals surface area contributed by atoms with Gasteiger partial charge in [-0.15, -0.1) is 0 Å². The van der Waals surface area contributed by atoms with Crippen LogP contribution in [0.3, 0.4) is 0 Å². The van der Waals surface area contributed by atoms with Gasteiger partial charge in [-0.1, -0.05) is 30.3 Å². The van der Waals surface area contributed by atoms with Crippen LogP contribution in [0, 0.1) is 5.92 Å². The number of nitrogens with one attached hydrogen (secondary N) is 1. The number of benzene rings is 1. The van der Waals surface area contributed by atoms with E-state index in [-0.39, 0.29) is 12.0 Å². The number of carboxylic acids is 1. The molecule has 0 bridgehead atoms. The Hall–Kier alpha value is -2.08. The van der Waals surface area contributed by atoms with Crippen LogP contribution in [-0.4, -0.2) is 46.8 Å². The van der Waals surface area contributed by atoms with Gasteiger partial charge in [0.1, 0.15) is 11.6 Å². The second-order valence-electron chi connectivity index (χ2n) is 7.49. The van der Waals surface area contributed by atoms with Crippen molar-refractivity contribution in [1.82, 2.24) is 10.2 Å². The zero-order valence-electron chi connectivity index (χ0n) is 15.2. The lowest BCUT2D eigenvalue weighted by Crippen LogP contribution is -2.49. The Kier molecular flexibility index (Phi) is 6.42. The molecule has 0 saturated carbocycles. The molecule has 25 heavy (non-hydrogen) atoms. The number of nitrogens with zero attached hydrogens (tertiary/aromatic N) is 1. The van der Waals surface area contributed by atoms with Crippen molar-refractivity contribution in [1.29, 1.82) is 0 Å². The average molecular weight is 348 g/mol. The molecule has 0 aliphatic carbocycles. The molecule has 138 valence electrons. The van der Waals surface area contributed by atoms with Crippen molar-refractivity contribution in [3.8, 4) is 0 Å². The Labute approximate surface area is 149 Å². The number of hydrogen-bond acceptors (Lipinski definition) is 4. The molecule has 0 aromatic heterocycles. The number of likely N-dealkylation sites (tertiary alicyclic amines) is 1. The van der Waals surface area contributed by atoms with Crippen LogP contribution in [0.15, 0.2) is 30.3 Å². The Morgan fingerprint density at radius 1 is 1.24 bits per heavy atom. The van der Waals surface area contributed by atoms with E-state index in [4.69, 9.17) is 4.74 Å². The number of carboxylic acid groups (broad SMARTS) is 1. The van der Waals surface area contributed by atoms with Crippen molar-refractivity contribution in [3.63, 3.8) is 0 Å². The van der Waals surface area contributed by atoms with Gasteiger partial charge in [-0.3, -0.25) is 4.79 Å². The minimum atomic E-state index is -0.841. The zero-order valence-corrected chi connectivity index (χ0v) is 15.2. The Morgan fingerprint density at radius 2 is 1.84 bits per heavy atom. The van der Waals surface area contributed by atoms with Crippen molar-refractivity contribution in [2.45, 2.75) is 51.8 Å². The smallest absolute Gasteiger partial charge is 0.410 e. The highest BCUT2D eigenvalue weighted by Gasteiger charge is 2.33. The fourth-order valence-corrected chi connectivity index (χ4v) is 3.02. The molecule has 1 unspecified atom stereocenters. The van der Waals surface area contributed by atoms with E-state index in [2.05, 4.69) is 5.32 Å². The van der Waals surface area contributed by atoms with E-state index < -0.39 is 17.6 Å². The van der Waals surface area contributed by atoms with Crippen molar-refractivity contribution in [2.75, 3.05) is 13.1 Å². The van der Waals surface area contributed by atoms with Gasteiger partial charge in [0.05, 0.1) is 0 Å². The van der Waals surface area contributed by atoms with Gasteiger partial charge in [0.2, 0.25) is 0 Å². The highest BCUT2D eigenvalue weighted by molar-refractivity contribution is 5.74. The number of hydrogen-bond donors (Lipinski definition) is 2. The lowest BCUT2D eigenvalue weighted by atomic mass is 9.89. The first-order valence-corrected chi connectivity index (χ1v) is 8.74. The van der Waals surface area contributed by atoms with Gasteiger partial charge >= 0.3 is 12.1 Å². The SMILES string of the molecule is CC(C)(C)OC(=O)N1CCC(C(NCc2ccccc2)C(=O)O)CC1. The van der Waals surface area contributed by atoms with Gasteiger partial charge < -0.3 is 20.1 Å². The Bertz CT molecular complexity index is 575. The van der Waals surface area contributed by atoms with Gasteiger partial charge in [0, 0.05) is 19.6 Å². The maximum atomic E-state index is 12.1. The predicted octanol–water partition coefficient (Wildman–Crippen LogP) is 2.88. The lowest BCUT2D eigenvalue weighted by Gasteiger charge is -2.35. The molecule has 2 rings (SSSR count).